The molecular formula is C14H21NO. The van der Waals surface area contributed by atoms with Crippen molar-refractivity contribution in [2.45, 2.75) is 44.9 Å². The molecule has 0 heterocycles. The maximum atomic E-state index is 5.29. The smallest absolute Gasteiger partial charge is 0.0601 e. The molecule has 0 aliphatic heterocycles. The molecule has 0 radical (unpaired) electrons. The van der Waals surface area contributed by atoms with Crippen molar-refractivity contribution in [3.8, 4) is 0 Å². The summed E-state index contributed by atoms with van der Waals surface area (Å²) in [7, 11) is 1.80. The lowest BCUT2D eigenvalue weighted by Crippen LogP contribution is -2.45. The van der Waals surface area contributed by atoms with Crippen molar-refractivity contribution >= 4 is 0 Å². The Labute approximate surface area is 98.0 Å². The summed E-state index contributed by atoms with van der Waals surface area (Å²) >= 11 is 0. The summed E-state index contributed by atoms with van der Waals surface area (Å²) in [5, 5.41) is 3.66. The third-order valence-electron chi connectivity index (χ3n) is 3.57. The van der Waals surface area contributed by atoms with E-state index in [4.69, 9.17) is 4.74 Å². The van der Waals surface area contributed by atoms with E-state index in [0.717, 1.165) is 12.8 Å². The van der Waals surface area contributed by atoms with Crippen LogP contribution in [0.25, 0.3) is 0 Å². The molecule has 2 nitrogen and oxygen atoms in total. The second kappa shape index (κ2) is 4.98. The Balaban J connectivity index is 1.89. The monoisotopic (exact) mass is 219 g/mol. The minimum atomic E-state index is 0.434. The van der Waals surface area contributed by atoms with Crippen LogP contribution in [0.4, 0.5) is 0 Å². The van der Waals surface area contributed by atoms with Crippen molar-refractivity contribution in [2.24, 2.45) is 0 Å². The molecule has 1 aromatic rings. The minimum absolute atomic E-state index is 0.434. The third kappa shape index (κ3) is 2.45. The van der Waals surface area contributed by atoms with Gasteiger partial charge in [-0.15, -0.1) is 0 Å². The molecule has 0 spiro atoms. The van der Waals surface area contributed by atoms with Gasteiger partial charge in [-0.05, 0) is 37.8 Å². The van der Waals surface area contributed by atoms with Crippen molar-refractivity contribution in [2.75, 3.05) is 7.11 Å². The van der Waals surface area contributed by atoms with Crippen molar-refractivity contribution in [3.05, 3.63) is 35.4 Å². The SMILES string of the molecule is COC1CC(NC(C)c2ccccc2C)C1. The second-order valence-electron chi connectivity index (χ2n) is 4.77. The number of benzene rings is 1. The van der Waals surface area contributed by atoms with Crippen LogP contribution in [-0.4, -0.2) is 19.3 Å². The van der Waals surface area contributed by atoms with Gasteiger partial charge in [-0.1, -0.05) is 24.3 Å². The van der Waals surface area contributed by atoms with Gasteiger partial charge in [-0.3, -0.25) is 0 Å². The van der Waals surface area contributed by atoms with Crippen LogP contribution in [0.5, 0.6) is 0 Å². The van der Waals surface area contributed by atoms with Crippen LogP contribution < -0.4 is 5.32 Å². The van der Waals surface area contributed by atoms with Gasteiger partial charge in [0.15, 0.2) is 0 Å². The first-order valence-electron chi connectivity index (χ1n) is 6.05. The molecule has 0 bridgehead atoms. The molecule has 2 rings (SSSR count). The van der Waals surface area contributed by atoms with Gasteiger partial charge < -0.3 is 10.1 Å². The molecule has 1 atom stereocenters. The summed E-state index contributed by atoms with van der Waals surface area (Å²) in [5.41, 5.74) is 2.77. The Morgan fingerprint density at radius 2 is 2.00 bits per heavy atom. The molecule has 16 heavy (non-hydrogen) atoms. The predicted octanol–water partition coefficient (Wildman–Crippen LogP) is 2.82. The lowest BCUT2D eigenvalue weighted by molar-refractivity contribution is 0.0147. The summed E-state index contributed by atoms with van der Waals surface area (Å²) in [4.78, 5) is 0. The Morgan fingerprint density at radius 1 is 1.31 bits per heavy atom. The molecular weight excluding hydrogens is 198 g/mol. The van der Waals surface area contributed by atoms with E-state index in [-0.39, 0.29) is 0 Å². The maximum absolute atomic E-state index is 5.29. The number of hydrogen-bond acceptors (Lipinski definition) is 2. The van der Waals surface area contributed by atoms with Crippen molar-refractivity contribution in [1.82, 2.24) is 5.32 Å². The normalized spacial score (nSPS) is 26.2. The Kier molecular flexibility index (Phi) is 3.62. The van der Waals surface area contributed by atoms with Gasteiger partial charge in [-0.2, -0.15) is 0 Å². The molecule has 88 valence electrons. The topological polar surface area (TPSA) is 21.3 Å². The van der Waals surface area contributed by atoms with Gasteiger partial charge in [0.1, 0.15) is 0 Å². The van der Waals surface area contributed by atoms with Crippen LogP contribution in [0.1, 0.15) is 36.9 Å². The van der Waals surface area contributed by atoms with E-state index in [2.05, 4.69) is 43.4 Å². The maximum Gasteiger partial charge on any atom is 0.0601 e. The van der Waals surface area contributed by atoms with E-state index in [1.165, 1.54) is 11.1 Å². The highest BCUT2D eigenvalue weighted by Gasteiger charge is 2.29. The second-order valence-corrected chi connectivity index (χ2v) is 4.77. The van der Waals surface area contributed by atoms with E-state index < -0.39 is 0 Å². The van der Waals surface area contributed by atoms with Crippen LogP contribution in [0.15, 0.2) is 24.3 Å². The first kappa shape index (κ1) is 11.6. The number of methoxy groups -OCH3 is 1. The van der Waals surface area contributed by atoms with Gasteiger partial charge in [-0.25, -0.2) is 0 Å². The van der Waals surface area contributed by atoms with E-state index in [9.17, 15) is 0 Å². The van der Waals surface area contributed by atoms with E-state index in [0.29, 0.717) is 18.2 Å². The fourth-order valence-corrected chi connectivity index (χ4v) is 2.41. The molecule has 1 aliphatic carbocycles. The number of nitrogens with one attached hydrogen (secondary N) is 1. The number of hydrogen-bond donors (Lipinski definition) is 1. The van der Waals surface area contributed by atoms with E-state index >= 15 is 0 Å². The third-order valence-corrected chi connectivity index (χ3v) is 3.57. The molecule has 0 aromatic heterocycles. The summed E-state index contributed by atoms with van der Waals surface area (Å²) in [6.07, 6.45) is 2.76. The van der Waals surface area contributed by atoms with Crippen molar-refractivity contribution in [1.29, 1.82) is 0 Å². The molecule has 1 N–H and O–H groups in total. The van der Waals surface area contributed by atoms with Crippen LogP contribution in [0.2, 0.25) is 0 Å². The molecule has 1 saturated carbocycles. The summed E-state index contributed by atoms with van der Waals surface area (Å²) in [6, 6.07) is 9.64. The molecule has 2 heteroatoms. The first-order chi connectivity index (χ1) is 7.70. The number of rotatable bonds is 4. The summed E-state index contributed by atoms with van der Waals surface area (Å²) in [5.74, 6) is 0. The summed E-state index contributed by atoms with van der Waals surface area (Å²) < 4.78 is 5.29. The first-order valence-corrected chi connectivity index (χ1v) is 6.05. The molecule has 1 fully saturated rings. The van der Waals surface area contributed by atoms with Crippen LogP contribution in [-0.2, 0) is 4.74 Å². The highest BCUT2D eigenvalue weighted by Crippen LogP contribution is 2.26. The fourth-order valence-electron chi connectivity index (χ4n) is 2.41. The zero-order valence-electron chi connectivity index (χ0n) is 10.4. The van der Waals surface area contributed by atoms with Crippen molar-refractivity contribution in [3.63, 3.8) is 0 Å². The average molecular weight is 219 g/mol. The van der Waals surface area contributed by atoms with Gasteiger partial charge in [0, 0.05) is 19.2 Å². The quantitative estimate of drug-likeness (QED) is 0.840. The predicted molar refractivity (Wildman–Crippen MR) is 66.5 cm³/mol. The van der Waals surface area contributed by atoms with E-state index in [1.807, 2.05) is 0 Å². The van der Waals surface area contributed by atoms with Gasteiger partial charge in [0.25, 0.3) is 0 Å². The fraction of sp³-hybridized carbons (Fsp3) is 0.571. The van der Waals surface area contributed by atoms with Crippen LogP contribution in [0.3, 0.4) is 0 Å². The number of aryl methyl sites for hydroxylation is 1. The Bertz CT molecular complexity index is 344. The van der Waals surface area contributed by atoms with Crippen molar-refractivity contribution < 1.29 is 4.74 Å². The molecule has 1 aromatic carbocycles. The largest absolute Gasteiger partial charge is 0.381 e. The lowest BCUT2D eigenvalue weighted by atomic mass is 9.88. The Morgan fingerprint density at radius 3 is 2.62 bits per heavy atom. The molecule has 0 saturated heterocycles. The molecule has 1 aliphatic rings. The number of ether oxygens (including phenoxy) is 1. The average Bonchev–Trinajstić information content (AvgIpc) is 2.23. The van der Waals surface area contributed by atoms with Gasteiger partial charge >= 0.3 is 0 Å². The molecule has 1 unspecified atom stereocenters. The zero-order chi connectivity index (χ0) is 11.5. The van der Waals surface area contributed by atoms with E-state index in [1.54, 1.807) is 7.11 Å². The van der Waals surface area contributed by atoms with Gasteiger partial charge in [0.2, 0.25) is 0 Å². The van der Waals surface area contributed by atoms with Gasteiger partial charge in [0.05, 0.1) is 6.10 Å². The highest BCUT2D eigenvalue weighted by molar-refractivity contribution is 5.28. The molecule has 0 amide bonds. The summed E-state index contributed by atoms with van der Waals surface area (Å²) in [6.45, 7) is 4.41. The zero-order valence-corrected chi connectivity index (χ0v) is 10.4. The minimum Gasteiger partial charge on any atom is -0.381 e. The Hall–Kier alpha value is -0.860. The standard InChI is InChI=1S/C14H21NO/c1-10-6-4-5-7-14(10)11(2)15-12-8-13(9-12)16-3/h4-7,11-13,15H,8-9H2,1-3H3. The van der Waals surface area contributed by atoms with Crippen LogP contribution in [0, 0.1) is 6.92 Å². The highest BCUT2D eigenvalue weighted by atomic mass is 16.5. The van der Waals surface area contributed by atoms with Crippen LogP contribution >= 0.6 is 0 Å². The lowest BCUT2D eigenvalue weighted by Gasteiger charge is -2.37.